The van der Waals surface area contributed by atoms with Crippen molar-refractivity contribution < 1.29 is 19.8 Å². The third-order valence-corrected chi connectivity index (χ3v) is 15.5. The van der Waals surface area contributed by atoms with E-state index in [1.807, 2.05) is 102 Å². The molecule has 0 aliphatic carbocycles. The highest BCUT2D eigenvalue weighted by Gasteiger charge is 2.23. The number of hydrogen-bond acceptors (Lipinski definition) is 23. The number of amides is 2. The number of carbonyl (C=O) groups excluding carboxylic acids is 2. The van der Waals surface area contributed by atoms with Gasteiger partial charge in [0.25, 0.3) is 11.8 Å². The Morgan fingerprint density at radius 3 is 2.11 bits per heavy atom. The molecule has 15 rings (SSSR count). The summed E-state index contributed by atoms with van der Waals surface area (Å²) in [5.74, 6) is 0.146. The average molecular weight is 1230 g/mol. The molecule has 0 spiro atoms. The second-order valence-corrected chi connectivity index (χ2v) is 21.5. The lowest BCUT2D eigenvalue weighted by molar-refractivity contribution is 0.0779. The van der Waals surface area contributed by atoms with Crippen LogP contribution in [0.5, 0.6) is 11.5 Å². The molecule has 446 valence electrons. The summed E-state index contributed by atoms with van der Waals surface area (Å²) in [7, 11) is 0. The molecular weight excluding hydrogens is 1180 g/mol. The maximum absolute atomic E-state index is 12.9. The van der Waals surface area contributed by atoms with Crippen LogP contribution in [0, 0.1) is 18.3 Å². The minimum atomic E-state index is -0.731. The molecule has 0 atom stereocenters. The zero-order valence-corrected chi connectivity index (χ0v) is 49.6. The van der Waals surface area contributed by atoms with Crippen molar-refractivity contribution >= 4 is 140 Å². The Morgan fingerprint density at radius 2 is 1.34 bits per heavy atom. The average Bonchev–Trinajstić information content (AvgIpc) is 1.71. The van der Waals surface area contributed by atoms with Crippen molar-refractivity contribution in [3.05, 3.63) is 167 Å². The number of primary amides is 1. The summed E-state index contributed by atoms with van der Waals surface area (Å²) >= 11 is 1.15. The van der Waals surface area contributed by atoms with E-state index in [4.69, 9.17) is 11.0 Å². The minimum absolute atomic E-state index is 0.00393. The molecule has 9 aromatic heterocycles. The molecule has 2 amide bonds. The van der Waals surface area contributed by atoms with Gasteiger partial charge in [0.2, 0.25) is 5.65 Å². The number of aromatic hydroxyl groups is 2. The number of para-hydroxylation sites is 1. The van der Waals surface area contributed by atoms with Crippen LogP contribution in [0.3, 0.4) is 0 Å². The van der Waals surface area contributed by atoms with Crippen molar-refractivity contribution in [3.8, 4) is 17.6 Å². The first-order valence-corrected chi connectivity index (χ1v) is 29.0. The summed E-state index contributed by atoms with van der Waals surface area (Å²) in [6.07, 6.45) is 3.06. The number of pyridine rings is 1. The summed E-state index contributed by atoms with van der Waals surface area (Å²) < 4.78 is 9.97. The van der Waals surface area contributed by atoms with Gasteiger partial charge in [0.05, 0.1) is 68.0 Å². The summed E-state index contributed by atoms with van der Waals surface area (Å²) in [5.41, 5.74) is 17.9. The predicted octanol–water partition coefficient (Wildman–Crippen LogP) is 13.0. The van der Waals surface area contributed by atoms with E-state index in [-0.39, 0.29) is 28.9 Å². The first kappa shape index (κ1) is 57.5. The number of nitrogens with zero attached hydrogens (tertiary/aromatic N) is 22. The number of carbonyl (C=O) groups is 2. The van der Waals surface area contributed by atoms with Crippen LogP contribution >= 0.6 is 11.5 Å². The number of aromatic amines is 1. The Balaban J connectivity index is 0.000000126. The van der Waals surface area contributed by atoms with Gasteiger partial charge in [0.15, 0.2) is 22.8 Å². The van der Waals surface area contributed by atoms with Gasteiger partial charge in [0.1, 0.15) is 55.6 Å². The number of H-pyrrole nitrogens is 1. The van der Waals surface area contributed by atoms with Crippen molar-refractivity contribution in [2.24, 2.45) is 36.4 Å². The van der Waals surface area contributed by atoms with Crippen LogP contribution in [-0.4, -0.2) is 114 Å². The van der Waals surface area contributed by atoms with Crippen molar-refractivity contribution in [1.29, 1.82) is 5.26 Å². The maximum atomic E-state index is 12.9. The Kier molecular flexibility index (Phi) is 15.1. The van der Waals surface area contributed by atoms with Crippen LogP contribution < -0.4 is 5.73 Å². The van der Waals surface area contributed by atoms with Crippen LogP contribution in [0.2, 0.25) is 0 Å². The summed E-state index contributed by atoms with van der Waals surface area (Å²) in [4.78, 5) is 30.7. The molecule has 0 unspecified atom stereocenters. The van der Waals surface area contributed by atoms with Gasteiger partial charge in [-0.05, 0) is 141 Å². The van der Waals surface area contributed by atoms with Crippen molar-refractivity contribution in [2.45, 2.75) is 40.5 Å². The van der Waals surface area contributed by atoms with Crippen LogP contribution in [0.4, 0.5) is 34.1 Å². The zero-order chi connectivity index (χ0) is 63.0. The second-order valence-electron chi connectivity index (χ2n) is 20.8. The van der Waals surface area contributed by atoms with E-state index in [1.165, 1.54) is 24.4 Å². The molecule has 0 saturated carbocycles. The Morgan fingerprint density at radius 1 is 0.670 bits per heavy atom. The number of fused-ring (bicyclic) bond motifs is 13. The molecular formula is C62H48N24O4S. The van der Waals surface area contributed by atoms with E-state index in [9.17, 15) is 19.8 Å². The predicted molar refractivity (Wildman–Crippen MR) is 340 cm³/mol. The van der Waals surface area contributed by atoms with E-state index in [0.29, 0.717) is 107 Å². The molecule has 0 radical (unpaired) electrons. The van der Waals surface area contributed by atoms with E-state index >= 15 is 0 Å². The molecule has 9 heterocycles. The van der Waals surface area contributed by atoms with Crippen molar-refractivity contribution in [2.75, 3.05) is 13.1 Å². The summed E-state index contributed by atoms with van der Waals surface area (Å²) in [6.45, 7) is 11.2. The molecule has 5 N–H and O–H groups in total. The fourth-order valence-electron chi connectivity index (χ4n) is 10.1. The highest BCUT2D eigenvalue weighted by Crippen LogP contribution is 2.35. The Bertz CT molecular complexity index is 5540. The van der Waals surface area contributed by atoms with Crippen molar-refractivity contribution in [1.82, 2.24) is 78.7 Å². The van der Waals surface area contributed by atoms with Crippen LogP contribution in [-0.2, 0) is 0 Å². The molecule has 0 fully saturated rings. The van der Waals surface area contributed by atoms with Gasteiger partial charge in [-0.3, -0.25) is 24.1 Å². The van der Waals surface area contributed by atoms with E-state index in [1.54, 1.807) is 58.1 Å². The lowest BCUT2D eigenvalue weighted by Crippen LogP contribution is -2.30. The standard InChI is InChI=1S/C22H24N10OS.C21H14N6O2.C19H10N8O/c1-6-31(7-2)22(33)19-18-17(30-34-19)14-10-13(8-9-15(14)24-26-18)23-25-16-12(5)29-32-20(11(3)4)27-28-21(16)32;22-21(29)15-10-13(6-8-19(15)28)23-24-14-5-7-16-18(11-14)27-17-4-2-1-3-12(17)9-20(27)26-25-16;20-9-11-10-22-27-16-8-12(3-4-15(16)25-26-19(11)27)23-24-14-5-6-17(28)18-13(14)2-1-7-21-18/h8-11,29H,6-7H2,1-5H3;1-11,28H,(H2,22,29);1-8,10,28H. The second kappa shape index (κ2) is 23.9. The molecule has 0 aliphatic heterocycles. The maximum Gasteiger partial charge on any atom is 0.267 e. The number of nitrogens with two attached hydrogens (primary N) is 1. The normalized spacial score (nSPS) is 11.8. The van der Waals surface area contributed by atoms with Crippen LogP contribution in [0.1, 0.15) is 70.7 Å². The first-order chi connectivity index (χ1) is 44.3. The van der Waals surface area contributed by atoms with Crippen LogP contribution in [0.15, 0.2) is 170 Å². The lowest BCUT2D eigenvalue weighted by Gasteiger charge is -2.16. The smallest absolute Gasteiger partial charge is 0.267 e. The lowest BCUT2D eigenvalue weighted by atomic mass is 10.1. The number of aromatic nitrogens is 15. The largest absolute Gasteiger partial charge is 0.507 e. The van der Waals surface area contributed by atoms with Gasteiger partial charge < -0.3 is 20.8 Å². The van der Waals surface area contributed by atoms with E-state index in [0.717, 1.165) is 56.0 Å². The number of aryl methyl sites for hydroxylation is 1. The van der Waals surface area contributed by atoms with Crippen LogP contribution in [0.25, 0.3) is 82.8 Å². The highest BCUT2D eigenvalue weighted by molar-refractivity contribution is 7.09. The molecule has 0 aliphatic rings. The van der Waals surface area contributed by atoms with Crippen molar-refractivity contribution in [3.63, 3.8) is 0 Å². The zero-order valence-electron chi connectivity index (χ0n) is 48.8. The van der Waals surface area contributed by atoms with Gasteiger partial charge in [-0.15, -0.1) is 51.0 Å². The number of nitrogens with one attached hydrogen (secondary N) is 1. The Labute approximate surface area is 516 Å². The molecule has 29 heteroatoms. The minimum Gasteiger partial charge on any atom is -0.507 e. The molecule has 6 aromatic carbocycles. The fourth-order valence-corrected chi connectivity index (χ4v) is 10.9. The topological polar surface area (TPSA) is 373 Å². The van der Waals surface area contributed by atoms with Gasteiger partial charge >= 0.3 is 0 Å². The molecule has 0 saturated heterocycles. The van der Waals surface area contributed by atoms with E-state index in [2.05, 4.69) is 105 Å². The SMILES string of the molecule is CCN(CC)C(=O)c1snc2c1nnc1ccc(N=Nc3c(C)[nH]n4c(C(C)C)nnc34)cc12.N#Cc1cnn2c1nnc1ccc(N=Nc3ccc(O)c4ncccc34)cc12.NC(=O)c1cc(N=Nc2ccc3nnc4cc5ccccc5n4c3c2)ccc1O. The highest BCUT2D eigenvalue weighted by atomic mass is 32.1. The summed E-state index contributed by atoms with van der Waals surface area (Å²) in [5, 5.41) is 98.6. The van der Waals surface area contributed by atoms with Gasteiger partial charge in [-0.2, -0.15) is 35.2 Å². The molecule has 0 bridgehead atoms. The van der Waals surface area contributed by atoms with E-state index < -0.39 is 5.91 Å². The third-order valence-electron chi connectivity index (χ3n) is 14.7. The monoisotopic (exact) mass is 1220 g/mol. The molecule has 91 heavy (non-hydrogen) atoms. The third kappa shape index (κ3) is 10.9. The van der Waals surface area contributed by atoms with Gasteiger partial charge in [0, 0.05) is 41.4 Å². The number of azo groups is 3. The van der Waals surface area contributed by atoms with Gasteiger partial charge in [-0.25, -0.2) is 9.03 Å². The first-order valence-electron chi connectivity index (χ1n) is 28.2. The number of benzene rings is 6. The van der Waals surface area contributed by atoms with Gasteiger partial charge in [-0.1, -0.05) is 32.0 Å². The molecule has 28 nitrogen and oxygen atoms in total. The number of rotatable bonds is 11. The Hall–Kier alpha value is -12.6. The quantitative estimate of drug-likeness (QED) is 0.0874. The molecule has 15 aromatic rings. The summed E-state index contributed by atoms with van der Waals surface area (Å²) in [6, 6.07) is 39.5. The fraction of sp³-hybridized carbons (Fsp3) is 0.129. The number of phenolic OH excluding ortho intramolecular Hbond substituents is 1. The number of phenols is 2. The number of nitriles is 1. The number of hydrogen-bond donors (Lipinski definition) is 4.